The largest absolute Gasteiger partial charge is 0.305 e. The van der Waals surface area contributed by atoms with E-state index >= 15 is 0 Å². The van der Waals surface area contributed by atoms with E-state index in [1.54, 1.807) is 0 Å². The van der Waals surface area contributed by atoms with Crippen molar-refractivity contribution in [3.8, 4) is 33.5 Å². The summed E-state index contributed by atoms with van der Waals surface area (Å²) < 4.78 is 3.39. The van der Waals surface area contributed by atoms with Crippen molar-refractivity contribution in [1.82, 2.24) is 9.38 Å². The van der Waals surface area contributed by atoms with Gasteiger partial charge in [0.25, 0.3) is 0 Å². The van der Waals surface area contributed by atoms with Crippen LogP contribution in [0.2, 0.25) is 0 Å². The molecule has 0 spiro atoms. The van der Waals surface area contributed by atoms with Crippen LogP contribution < -0.4 is 0 Å². The van der Waals surface area contributed by atoms with Crippen LogP contribution in [0.25, 0.3) is 39.2 Å². The van der Waals surface area contributed by atoms with Gasteiger partial charge in [-0.15, -0.1) is 0 Å². The first-order valence-corrected chi connectivity index (χ1v) is 10.3. The van der Waals surface area contributed by atoms with Crippen LogP contribution in [0.4, 0.5) is 0 Å². The maximum Gasteiger partial charge on any atom is 0.145 e. The van der Waals surface area contributed by atoms with Crippen molar-refractivity contribution in [2.45, 2.75) is 0 Å². The second-order valence-corrected chi connectivity index (χ2v) is 7.87. The van der Waals surface area contributed by atoms with Gasteiger partial charge in [-0.3, -0.25) is 0 Å². The first-order valence-electron chi connectivity index (χ1n) is 9.18. The topological polar surface area (TPSA) is 17.3 Å². The van der Waals surface area contributed by atoms with Crippen LogP contribution in [0.1, 0.15) is 0 Å². The minimum Gasteiger partial charge on any atom is -0.305 e. The summed E-state index contributed by atoms with van der Waals surface area (Å²) in [6.45, 7) is 0. The van der Waals surface area contributed by atoms with Gasteiger partial charge in [-0.1, -0.05) is 78.9 Å². The lowest BCUT2D eigenvalue weighted by atomic mass is 10.0. The van der Waals surface area contributed by atoms with Crippen molar-refractivity contribution in [2.75, 3.05) is 0 Å². The lowest BCUT2D eigenvalue weighted by Crippen LogP contribution is -1.92. The number of rotatable bonds is 3. The highest BCUT2D eigenvalue weighted by molar-refractivity contribution is 14.1. The molecule has 0 aliphatic heterocycles. The SMILES string of the molecule is Ic1ccccc1-c1cc(-c2ccccc2)c2nc(-c3ccccc3)cn2c1. The highest BCUT2D eigenvalue weighted by atomic mass is 127. The number of pyridine rings is 1. The molecule has 0 amide bonds. The predicted molar refractivity (Wildman–Crippen MR) is 124 cm³/mol. The van der Waals surface area contributed by atoms with Crippen molar-refractivity contribution in [2.24, 2.45) is 0 Å². The number of imidazole rings is 1. The Morgan fingerprint density at radius 3 is 1.96 bits per heavy atom. The average molecular weight is 472 g/mol. The summed E-state index contributed by atoms with van der Waals surface area (Å²) in [5, 5.41) is 0. The summed E-state index contributed by atoms with van der Waals surface area (Å²) in [6.07, 6.45) is 4.30. The molecule has 3 heteroatoms. The Hall–Kier alpha value is -2.92. The van der Waals surface area contributed by atoms with Gasteiger partial charge >= 0.3 is 0 Å². The Morgan fingerprint density at radius 2 is 1.25 bits per heavy atom. The number of hydrogen-bond acceptors (Lipinski definition) is 1. The van der Waals surface area contributed by atoms with Crippen LogP contribution in [0.15, 0.2) is 103 Å². The smallest absolute Gasteiger partial charge is 0.145 e. The van der Waals surface area contributed by atoms with Crippen LogP contribution in [-0.4, -0.2) is 9.38 Å². The highest BCUT2D eigenvalue weighted by Crippen LogP contribution is 2.33. The molecule has 0 saturated carbocycles. The van der Waals surface area contributed by atoms with Gasteiger partial charge in [0.1, 0.15) is 5.65 Å². The second kappa shape index (κ2) is 7.24. The number of nitrogens with zero attached hydrogens (tertiary/aromatic N) is 2. The summed E-state index contributed by atoms with van der Waals surface area (Å²) >= 11 is 2.40. The molecule has 0 aliphatic rings. The van der Waals surface area contributed by atoms with Crippen LogP contribution >= 0.6 is 22.6 Å². The van der Waals surface area contributed by atoms with Crippen molar-refractivity contribution in [1.29, 1.82) is 0 Å². The molecule has 0 fully saturated rings. The molecule has 28 heavy (non-hydrogen) atoms. The number of aromatic nitrogens is 2. The fourth-order valence-corrected chi connectivity index (χ4v) is 4.22. The molecular weight excluding hydrogens is 455 g/mol. The first kappa shape index (κ1) is 17.2. The Morgan fingerprint density at radius 1 is 0.607 bits per heavy atom. The van der Waals surface area contributed by atoms with Crippen molar-refractivity contribution < 1.29 is 0 Å². The molecule has 2 heterocycles. The highest BCUT2D eigenvalue weighted by Gasteiger charge is 2.13. The Labute approximate surface area is 177 Å². The molecule has 0 atom stereocenters. The van der Waals surface area contributed by atoms with Gasteiger partial charge in [-0.2, -0.15) is 0 Å². The molecule has 2 aromatic heterocycles. The zero-order chi connectivity index (χ0) is 18.9. The molecule has 0 saturated heterocycles. The van der Waals surface area contributed by atoms with Crippen molar-refractivity contribution >= 4 is 28.2 Å². The summed E-state index contributed by atoms with van der Waals surface area (Å²) in [7, 11) is 0. The molecule has 5 aromatic rings. The summed E-state index contributed by atoms with van der Waals surface area (Å²) in [5.74, 6) is 0. The van der Waals surface area contributed by atoms with Gasteiger partial charge in [0.05, 0.1) is 5.69 Å². The van der Waals surface area contributed by atoms with Gasteiger partial charge in [-0.25, -0.2) is 4.98 Å². The molecule has 0 unspecified atom stereocenters. The molecule has 0 bridgehead atoms. The molecule has 0 aliphatic carbocycles. The maximum absolute atomic E-state index is 4.98. The Balaban J connectivity index is 1.79. The molecule has 2 nitrogen and oxygen atoms in total. The Bertz CT molecular complexity index is 1260. The number of hydrogen-bond donors (Lipinski definition) is 0. The fraction of sp³-hybridized carbons (Fsp3) is 0. The zero-order valence-electron chi connectivity index (χ0n) is 15.1. The molecule has 134 valence electrons. The molecule has 5 rings (SSSR count). The maximum atomic E-state index is 4.98. The van der Waals surface area contributed by atoms with E-state index in [-0.39, 0.29) is 0 Å². The fourth-order valence-electron chi connectivity index (χ4n) is 3.52. The number of benzene rings is 3. The van der Waals surface area contributed by atoms with Gasteiger partial charge < -0.3 is 4.40 Å². The van der Waals surface area contributed by atoms with Gasteiger partial charge in [0.15, 0.2) is 0 Å². The van der Waals surface area contributed by atoms with Gasteiger partial charge in [-0.05, 0) is 45.9 Å². The average Bonchev–Trinajstić information content (AvgIpc) is 3.19. The van der Waals surface area contributed by atoms with E-state index in [0.717, 1.165) is 22.5 Å². The molecule has 0 radical (unpaired) electrons. The van der Waals surface area contributed by atoms with E-state index in [4.69, 9.17) is 4.98 Å². The summed E-state index contributed by atoms with van der Waals surface area (Å²) in [4.78, 5) is 4.98. The lowest BCUT2D eigenvalue weighted by molar-refractivity contribution is 1.19. The molecular formula is C25H17IN2. The monoisotopic (exact) mass is 472 g/mol. The first-order chi connectivity index (χ1) is 13.8. The van der Waals surface area contributed by atoms with E-state index in [2.05, 4.69) is 118 Å². The van der Waals surface area contributed by atoms with Gasteiger partial charge in [0, 0.05) is 32.7 Å². The third-order valence-electron chi connectivity index (χ3n) is 4.89. The van der Waals surface area contributed by atoms with E-state index in [0.29, 0.717) is 0 Å². The van der Waals surface area contributed by atoms with E-state index in [9.17, 15) is 0 Å². The third-order valence-corrected chi connectivity index (χ3v) is 5.83. The standard InChI is InChI=1S/C25H17IN2/c26-23-14-8-7-13-21(23)20-15-22(18-9-3-1-4-10-18)25-27-24(17-28(25)16-20)19-11-5-2-6-12-19/h1-17H. The van der Waals surface area contributed by atoms with Crippen LogP contribution in [0, 0.1) is 3.57 Å². The second-order valence-electron chi connectivity index (χ2n) is 6.71. The van der Waals surface area contributed by atoms with Gasteiger partial charge in [0.2, 0.25) is 0 Å². The van der Waals surface area contributed by atoms with Crippen LogP contribution in [0.5, 0.6) is 0 Å². The van der Waals surface area contributed by atoms with E-state index in [1.165, 1.54) is 20.3 Å². The minimum atomic E-state index is 0.972. The van der Waals surface area contributed by atoms with E-state index in [1.807, 2.05) is 12.1 Å². The molecule has 0 N–H and O–H groups in total. The van der Waals surface area contributed by atoms with Crippen molar-refractivity contribution in [3.05, 3.63) is 107 Å². The van der Waals surface area contributed by atoms with Crippen LogP contribution in [0.3, 0.4) is 0 Å². The zero-order valence-corrected chi connectivity index (χ0v) is 17.2. The summed E-state index contributed by atoms with van der Waals surface area (Å²) in [5.41, 5.74) is 7.81. The van der Waals surface area contributed by atoms with E-state index < -0.39 is 0 Å². The summed E-state index contributed by atoms with van der Waals surface area (Å²) in [6, 6.07) is 31.6. The quantitative estimate of drug-likeness (QED) is 0.260. The number of halogens is 1. The normalized spacial score (nSPS) is 11.0. The molecule has 3 aromatic carbocycles. The van der Waals surface area contributed by atoms with Crippen LogP contribution in [-0.2, 0) is 0 Å². The lowest BCUT2D eigenvalue weighted by Gasteiger charge is -2.10. The third kappa shape index (κ3) is 3.12. The van der Waals surface area contributed by atoms with Crippen molar-refractivity contribution in [3.63, 3.8) is 0 Å². The minimum absolute atomic E-state index is 0.972. The predicted octanol–water partition coefficient (Wildman–Crippen LogP) is 6.94. The Kier molecular flexibility index (Phi) is 4.45. The number of fused-ring (bicyclic) bond motifs is 1.